The molecule has 0 spiro atoms. The summed E-state index contributed by atoms with van der Waals surface area (Å²) in [7, 11) is 0. The number of aliphatic hydroxyl groups excluding tert-OH is 1. The van der Waals surface area contributed by atoms with Gasteiger partial charge >= 0.3 is 6.09 Å². The van der Waals surface area contributed by atoms with Crippen LogP contribution >= 0.6 is 11.8 Å². The first kappa shape index (κ1) is 34.7. The van der Waals surface area contributed by atoms with Crippen molar-refractivity contribution in [2.75, 3.05) is 5.75 Å². The van der Waals surface area contributed by atoms with Crippen molar-refractivity contribution in [3.05, 3.63) is 102 Å². The van der Waals surface area contributed by atoms with Crippen molar-refractivity contribution in [3.63, 3.8) is 0 Å². The number of rotatable bonds is 12. The minimum Gasteiger partial charge on any atom is -0.465 e. The van der Waals surface area contributed by atoms with E-state index in [1.54, 1.807) is 39.0 Å². The zero-order chi connectivity index (χ0) is 32.5. The number of hydrogen-bond acceptors (Lipinski definition) is 5. The van der Waals surface area contributed by atoms with Gasteiger partial charge in [-0.15, -0.1) is 11.8 Å². The molecule has 4 N–H and O–H groups in total. The lowest BCUT2D eigenvalue weighted by atomic mass is 9.93. The second-order valence-electron chi connectivity index (χ2n) is 12.9. The average molecular weight is 620 g/mol. The van der Waals surface area contributed by atoms with Gasteiger partial charge in [-0.3, -0.25) is 14.5 Å². The summed E-state index contributed by atoms with van der Waals surface area (Å²) in [6, 6.07) is 24.3. The number of carbonyl (C=O) groups excluding carboxylic acids is 2. The Morgan fingerprint density at radius 3 is 1.95 bits per heavy atom. The summed E-state index contributed by atoms with van der Waals surface area (Å²) in [6.07, 6.45) is -1.86. The van der Waals surface area contributed by atoms with E-state index in [9.17, 15) is 24.6 Å². The van der Waals surface area contributed by atoms with Crippen molar-refractivity contribution in [2.24, 2.45) is 0 Å². The normalized spacial score (nSPS) is 13.8. The van der Waals surface area contributed by atoms with Crippen LogP contribution in [0.4, 0.5) is 4.79 Å². The fraction of sp³-hybridized carbons (Fsp3) is 0.400. The Morgan fingerprint density at radius 2 is 1.39 bits per heavy atom. The Labute approximate surface area is 265 Å². The zero-order valence-corrected chi connectivity index (χ0v) is 27.2. The highest BCUT2D eigenvalue weighted by Gasteiger charge is 2.39. The molecule has 0 saturated heterocycles. The summed E-state index contributed by atoms with van der Waals surface area (Å²) in [5.41, 5.74) is 0.692. The maximum absolute atomic E-state index is 14.0. The predicted molar refractivity (Wildman–Crippen MR) is 176 cm³/mol. The maximum Gasteiger partial charge on any atom is 0.408 e. The number of hydrogen-bond donors (Lipinski definition) is 4. The minimum absolute atomic E-state index is 0.108. The number of thioether (sulfide) groups is 1. The summed E-state index contributed by atoms with van der Waals surface area (Å²) >= 11 is 1.40. The van der Waals surface area contributed by atoms with E-state index >= 15 is 0 Å². The molecule has 0 bridgehead atoms. The largest absolute Gasteiger partial charge is 0.465 e. The third kappa shape index (κ3) is 10.4. The summed E-state index contributed by atoms with van der Waals surface area (Å²) < 4.78 is 0. The molecule has 3 atom stereocenters. The molecule has 3 amide bonds. The lowest BCUT2D eigenvalue weighted by Crippen LogP contribution is -2.60. The third-order valence-electron chi connectivity index (χ3n) is 6.96. The van der Waals surface area contributed by atoms with E-state index in [1.165, 1.54) is 16.7 Å². The first-order chi connectivity index (χ1) is 20.7. The highest BCUT2D eigenvalue weighted by molar-refractivity contribution is 7.99. The van der Waals surface area contributed by atoms with Gasteiger partial charge < -0.3 is 20.8 Å². The van der Waals surface area contributed by atoms with Gasteiger partial charge in [-0.2, -0.15) is 0 Å². The highest BCUT2D eigenvalue weighted by atomic mass is 32.2. The van der Waals surface area contributed by atoms with Crippen molar-refractivity contribution >= 4 is 29.7 Å². The van der Waals surface area contributed by atoms with E-state index in [2.05, 4.69) is 10.6 Å². The lowest BCUT2D eigenvalue weighted by Gasteiger charge is -2.39. The first-order valence-corrected chi connectivity index (χ1v) is 15.8. The number of carboxylic acid groups (broad SMARTS) is 1. The van der Waals surface area contributed by atoms with Crippen molar-refractivity contribution in [1.82, 2.24) is 15.5 Å². The number of aliphatic hydroxyl groups is 1. The predicted octanol–water partition coefficient (Wildman–Crippen LogP) is 5.79. The molecule has 0 aliphatic heterocycles. The van der Waals surface area contributed by atoms with Crippen molar-refractivity contribution in [3.8, 4) is 0 Å². The van der Waals surface area contributed by atoms with Crippen LogP contribution in [0, 0.1) is 0 Å². The van der Waals surface area contributed by atoms with E-state index in [-0.39, 0.29) is 18.1 Å². The third-order valence-corrected chi connectivity index (χ3v) is 8.05. The molecular weight excluding hydrogens is 574 g/mol. The number of nitrogens with zero attached hydrogens (tertiary/aromatic N) is 1. The Morgan fingerprint density at radius 1 is 0.818 bits per heavy atom. The molecule has 0 fully saturated rings. The molecule has 3 aromatic carbocycles. The molecule has 3 rings (SSSR count). The first-order valence-electron chi connectivity index (χ1n) is 14.8. The van der Waals surface area contributed by atoms with E-state index in [4.69, 9.17) is 0 Å². The second kappa shape index (κ2) is 15.3. The molecule has 0 aromatic heterocycles. The summed E-state index contributed by atoms with van der Waals surface area (Å²) in [6.45, 7) is 11.0. The van der Waals surface area contributed by atoms with E-state index in [0.29, 0.717) is 17.5 Å². The smallest absolute Gasteiger partial charge is 0.408 e. The molecule has 0 saturated carbocycles. The van der Waals surface area contributed by atoms with Crippen molar-refractivity contribution < 1.29 is 24.6 Å². The molecule has 0 aliphatic carbocycles. The second-order valence-corrected chi connectivity index (χ2v) is 14.0. The number of amides is 3. The maximum atomic E-state index is 14.0. The summed E-state index contributed by atoms with van der Waals surface area (Å²) in [5.74, 6) is -0.558. The van der Waals surface area contributed by atoms with E-state index in [1.807, 2.05) is 87.5 Å². The Bertz CT molecular complexity index is 1390. The summed E-state index contributed by atoms with van der Waals surface area (Å²) in [4.78, 5) is 41.7. The van der Waals surface area contributed by atoms with Gasteiger partial charge in [0, 0.05) is 33.7 Å². The van der Waals surface area contributed by atoms with Gasteiger partial charge in [0.15, 0.2) is 0 Å². The fourth-order valence-corrected chi connectivity index (χ4v) is 5.97. The lowest BCUT2D eigenvalue weighted by molar-refractivity contribution is -0.128. The van der Waals surface area contributed by atoms with Crippen molar-refractivity contribution in [1.29, 1.82) is 0 Å². The van der Waals surface area contributed by atoms with Crippen LogP contribution < -0.4 is 10.6 Å². The Hall–Kier alpha value is -3.82. The van der Waals surface area contributed by atoms with Gasteiger partial charge in [0.1, 0.15) is 6.04 Å². The topological polar surface area (TPSA) is 119 Å². The van der Waals surface area contributed by atoms with Gasteiger partial charge in [0.05, 0.1) is 12.1 Å². The van der Waals surface area contributed by atoms with Crippen molar-refractivity contribution in [2.45, 2.75) is 88.5 Å². The number of nitrogens with one attached hydrogen (secondary N) is 2. The van der Waals surface area contributed by atoms with E-state index < -0.39 is 41.3 Å². The molecule has 0 heterocycles. The fourth-order valence-electron chi connectivity index (χ4n) is 4.97. The van der Waals surface area contributed by atoms with Crippen LogP contribution in [0.5, 0.6) is 0 Å². The van der Waals surface area contributed by atoms with Crippen LogP contribution in [0.15, 0.2) is 89.8 Å². The van der Waals surface area contributed by atoms with E-state index in [0.717, 1.165) is 10.5 Å². The van der Waals surface area contributed by atoms with Gasteiger partial charge in [0.2, 0.25) is 5.91 Å². The molecule has 8 nitrogen and oxygen atoms in total. The molecule has 236 valence electrons. The Kier molecular flexibility index (Phi) is 12.0. The van der Waals surface area contributed by atoms with Crippen LogP contribution in [-0.2, 0) is 17.6 Å². The molecule has 44 heavy (non-hydrogen) atoms. The van der Waals surface area contributed by atoms with Gasteiger partial charge in [-0.25, -0.2) is 4.79 Å². The average Bonchev–Trinajstić information content (AvgIpc) is 2.94. The van der Waals surface area contributed by atoms with Crippen LogP contribution in [-0.4, -0.2) is 68.0 Å². The minimum atomic E-state index is -1.20. The number of benzene rings is 3. The molecule has 0 radical (unpaired) electrons. The molecule has 0 aliphatic rings. The standard InChI is InChI=1S/C35H45N3O5S/c1-34(2,3)37-31(40)27-20-14-13-17-25(27)22-30(39)28(21-24-15-9-7-10-16-24)36-32(41)29(38(33(42)43)35(4,5)6)23-44-26-18-11-8-12-19-26/h7-20,28-30,39H,21-23H2,1-6H3,(H,36,41)(H,37,40)(H,42,43)/t28-,29+,30+/m0/s1. The molecule has 3 aromatic rings. The molecule has 0 unspecified atom stereocenters. The van der Waals surface area contributed by atoms with Crippen LogP contribution in [0.3, 0.4) is 0 Å². The summed E-state index contributed by atoms with van der Waals surface area (Å²) in [5, 5.41) is 27.8. The molecule has 9 heteroatoms. The zero-order valence-electron chi connectivity index (χ0n) is 26.4. The van der Waals surface area contributed by atoms with Gasteiger partial charge in [-0.05, 0) is 77.3 Å². The van der Waals surface area contributed by atoms with Crippen LogP contribution in [0.2, 0.25) is 0 Å². The van der Waals surface area contributed by atoms with Crippen LogP contribution in [0.1, 0.15) is 63.0 Å². The number of carbonyl (C=O) groups is 3. The SMILES string of the molecule is CC(C)(C)NC(=O)c1ccccc1C[C@@H](O)[C@H](Cc1ccccc1)NC(=O)[C@@H](CSc1ccccc1)N(C(=O)O)C(C)(C)C. The quantitative estimate of drug-likeness (QED) is 0.191. The van der Waals surface area contributed by atoms with Gasteiger partial charge in [0.25, 0.3) is 5.91 Å². The van der Waals surface area contributed by atoms with Crippen LogP contribution in [0.25, 0.3) is 0 Å². The molecular formula is C35H45N3O5S. The monoisotopic (exact) mass is 619 g/mol. The highest BCUT2D eigenvalue weighted by Crippen LogP contribution is 2.25. The Balaban J connectivity index is 1.93. The van der Waals surface area contributed by atoms with Gasteiger partial charge in [-0.1, -0.05) is 66.7 Å².